The zero-order valence-electron chi connectivity index (χ0n) is 10.3. The third-order valence-corrected chi connectivity index (χ3v) is 6.16. The summed E-state index contributed by atoms with van der Waals surface area (Å²) in [6.45, 7) is 7.15. The van der Waals surface area contributed by atoms with E-state index in [1.807, 2.05) is 0 Å². The maximum atomic E-state index is 6.50. The van der Waals surface area contributed by atoms with Crippen LogP contribution in [-0.4, -0.2) is 14.6 Å². The van der Waals surface area contributed by atoms with Crippen molar-refractivity contribution < 1.29 is 4.43 Å². The molecule has 4 bridgehead atoms. The van der Waals surface area contributed by atoms with Gasteiger partial charge in [0.15, 0.2) is 9.04 Å². The fourth-order valence-corrected chi connectivity index (χ4v) is 6.24. The molecule has 0 aromatic rings. The highest BCUT2D eigenvalue weighted by Crippen LogP contribution is 2.59. The van der Waals surface area contributed by atoms with Crippen LogP contribution in [0, 0.1) is 23.7 Å². The lowest BCUT2D eigenvalue weighted by molar-refractivity contribution is -0.151. The molecule has 4 saturated carbocycles. The SMILES string of the molecule is CC1C2CC3CC(C2)CC1(O[SiH](C)C)C3. The van der Waals surface area contributed by atoms with E-state index in [1.54, 1.807) is 0 Å². The zero-order chi connectivity index (χ0) is 10.6. The first-order valence-electron chi connectivity index (χ1n) is 6.77. The van der Waals surface area contributed by atoms with E-state index >= 15 is 0 Å². The van der Waals surface area contributed by atoms with Gasteiger partial charge in [-0.3, -0.25) is 0 Å². The summed E-state index contributed by atoms with van der Waals surface area (Å²) in [5.41, 5.74) is 0.342. The van der Waals surface area contributed by atoms with Gasteiger partial charge in [0.25, 0.3) is 0 Å². The summed E-state index contributed by atoms with van der Waals surface area (Å²) in [5.74, 6) is 3.89. The van der Waals surface area contributed by atoms with E-state index in [4.69, 9.17) is 4.43 Å². The first-order chi connectivity index (χ1) is 7.09. The third-order valence-electron chi connectivity index (χ3n) is 5.21. The van der Waals surface area contributed by atoms with Crippen LogP contribution in [-0.2, 0) is 4.43 Å². The van der Waals surface area contributed by atoms with E-state index in [9.17, 15) is 0 Å². The van der Waals surface area contributed by atoms with Crippen molar-refractivity contribution in [2.75, 3.05) is 0 Å². The molecule has 0 spiro atoms. The fraction of sp³-hybridized carbons (Fsp3) is 1.00. The van der Waals surface area contributed by atoms with Gasteiger partial charge < -0.3 is 4.43 Å². The van der Waals surface area contributed by atoms with Gasteiger partial charge in [-0.25, -0.2) is 0 Å². The largest absolute Gasteiger partial charge is 0.415 e. The van der Waals surface area contributed by atoms with Crippen molar-refractivity contribution in [3.05, 3.63) is 0 Å². The molecule has 0 N–H and O–H groups in total. The highest BCUT2D eigenvalue weighted by Gasteiger charge is 2.55. The van der Waals surface area contributed by atoms with Gasteiger partial charge >= 0.3 is 0 Å². The molecule has 3 unspecified atom stereocenters. The van der Waals surface area contributed by atoms with Gasteiger partial charge in [0.1, 0.15) is 0 Å². The molecular weight excluding hydrogens is 200 g/mol. The van der Waals surface area contributed by atoms with Crippen LogP contribution in [0.5, 0.6) is 0 Å². The highest BCUT2D eigenvalue weighted by molar-refractivity contribution is 6.48. The zero-order valence-corrected chi connectivity index (χ0v) is 11.5. The molecule has 15 heavy (non-hydrogen) atoms. The molecule has 3 atom stereocenters. The normalized spacial score (nSPS) is 52.8. The average Bonchev–Trinajstić information content (AvgIpc) is 2.11. The standard InChI is InChI=1S/C13H24OSi/c1-9-12-5-10-4-11(6-12)8-13(9,7-10)14-15(2)3/h9-12,15H,4-8H2,1-3H3. The molecular formula is C13H24OSi. The van der Waals surface area contributed by atoms with E-state index in [0.29, 0.717) is 5.60 Å². The molecule has 0 heterocycles. The van der Waals surface area contributed by atoms with Gasteiger partial charge in [0, 0.05) is 0 Å². The van der Waals surface area contributed by atoms with Crippen LogP contribution in [0.25, 0.3) is 0 Å². The van der Waals surface area contributed by atoms with Crippen LogP contribution in [0.3, 0.4) is 0 Å². The minimum atomic E-state index is -0.867. The molecule has 0 radical (unpaired) electrons. The first-order valence-corrected chi connectivity index (χ1v) is 9.55. The van der Waals surface area contributed by atoms with Crippen molar-refractivity contribution in [2.24, 2.45) is 23.7 Å². The predicted molar refractivity (Wildman–Crippen MR) is 65.4 cm³/mol. The average molecular weight is 224 g/mol. The monoisotopic (exact) mass is 224 g/mol. The van der Waals surface area contributed by atoms with Gasteiger partial charge in [-0.15, -0.1) is 0 Å². The Morgan fingerprint density at radius 3 is 2.20 bits per heavy atom. The van der Waals surface area contributed by atoms with E-state index in [1.165, 1.54) is 32.1 Å². The van der Waals surface area contributed by atoms with Crippen LogP contribution in [0.1, 0.15) is 39.0 Å². The second-order valence-corrected chi connectivity index (χ2v) is 8.96. The summed E-state index contributed by atoms with van der Waals surface area (Å²) < 4.78 is 6.50. The quantitative estimate of drug-likeness (QED) is 0.655. The van der Waals surface area contributed by atoms with Crippen molar-refractivity contribution in [1.82, 2.24) is 0 Å². The van der Waals surface area contributed by atoms with E-state index in [0.717, 1.165) is 23.7 Å². The van der Waals surface area contributed by atoms with Crippen LogP contribution in [0.2, 0.25) is 13.1 Å². The van der Waals surface area contributed by atoms with Crippen molar-refractivity contribution in [3.63, 3.8) is 0 Å². The number of rotatable bonds is 2. The molecule has 0 aliphatic heterocycles. The fourth-order valence-electron chi connectivity index (χ4n) is 4.89. The van der Waals surface area contributed by atoms with E-state index in [-0.39, 0.29) is 0 Å². The van der Waals surface area contributed by atoms with Crippen LogP contribution in [0.15, 0.2) is 0 Å². The second kappa shape index (κ2) is 3.33. The molecule has 4 aliphatic carbocycles. The number of hydrogen-bond acceptors (Lipinski definition) is 1. The topological polar surface area (TPSA) is 9.23 Å². The van der Waals surface area contributed by atoms with E-state index in [2.05, 4.69) is 20.0 Å². The summed E-state index contributed by atoms with van der Waals surface area (Å²) >= 11 is 0. The summed E-state index contributed by atoms with van der Waals surface area (Å²) in [6.07, 6.45) is 7.34. The third kappa shape index (κ3) is 1.52. The Morgan fingerprint density at radius 2 is 1.67 bits per heavy atom. The Kier molecular flexibility index (Phi) is 2.30. The molecule has 86 valence electrons. The van der Waals surface area contributed by atoms with Crippen molar-refractivity contribution in [3.8, 4) is 0 Å². The molecule has 0 saturated heterocycles. The Bertz CT molecular complexity index is 244. The van der Waals surface area contributed by atoms with E-state index < -0.39 is 9.04 Å². The molecule has 0 aromatic heterocycles. The Balaban J connectivity index is 1.87. The van der Waals surface area contributed by atoms with Crippen LogP contribution >= 0.6 is 0 Å². The maximum Gasteiger partial charge on any atom is 0.171 e. The molecule has 0 amide bonds. The van der Waals surface area contributed by atoms with Crippen molar-refractivity contribution in [2.45, 2.75) is 57.7 Å². The highest BCUT2D eigenvalue weighted by atomic mass is 28.3. The minimum absolute atomic E-state index is 0.342. The van der Waals surface area contributed by atoms with Gasteiger partial charge in [0.2, 0.25) is 0 Å². The van der Waals surface area contributed by atoms with Gasteiger partial charge in [-0.1, -0.05) is 6.92 Å². The lowest BCUT2D eigenvalue weighted by Gasteiger charge is -2.61. The second-order valence-electron chi connectivity index (χ2n) is 6.63. The molecule has 4 rings (SSSR count). The Labute approximate surface area is 95.3 Å². The van der Waals surface area contributed by atoms with Crippen LogP contribution in [0.4, 0.5) is 0 Å². The minimum Gasteiger partial charge on any atom is -0.415 e. The summed E-state index contributed by atoms with van der Waals surface area (Å²) in [7, 11) is -0.867. The molecule has 4 aliphatic rings. The molecule has 1 nitrogen and oxygen atoms in total. The Morgan fingerprint density at radius 1 is 1.07 bits per heavy atom. The maximum absolute atomic E-state index is 6.50. The summed E-state index contributed by atoms with van der Waals surface area (Å²) in [4.78, 5) is 0. The summed E-state index contributed by atoms with van der Waals surface area (Å²) in [6, 6.07) is 0. The molecule has 4 fully saturated rings. The van der Waals surface area contributed by atoms with Crippen molar-refractivity contribution >= 4 is 9.04 Å². The number of hydrogen-bond donors (Lipinski definition) is 0. The lowest BCUT2D eigenvalue weighted by atomic mass is 9.50. The van der Waals surface area contributed by atoms with Crippen molar-refractivity contribution in [1.29, 1.82) is 0 Å². The van der Waals surface area contributed by atoms with Gasteiger partial charge in [-0.05, 0) is 68.9 Å². The van der Waals surface area contributed by atoms with Gasteiger partial charge in [-0.2, -0.15) is 0 Å². The molecule has 2 heteroatoms. The smallest absolute Gasteiger partial charge is 0.171 e. The first kappa shape index (κ1) is 10.3. The summed E-state index contributed by atoms with van der Waals surface area (Å²) in [5, 5.41) is 0. The Hall–Kier alpha value is 0.177. The molecule has 0 aromatic carbocycles. The van der Waals surface area contributed by atoms with Gasteiger partial charge in [0.05, 0.1) is 5.60 Å². The lowest BCUT2D eigenvalue weighted by Crippen LogP contribution is -2.58. The van der Waals surface area contributed by atoms with Crippen LogP contribution < -0.4 is 0 Å². The predicted octanol–water partition coefficient (Wildman–Crippen LogP) is 3.20.